The number of rotatable bonds is 6. The molecule has 0 aliphatic carbocycles. The van der Waals surface area contributed by atoms with Crippen LogP contribution in [0.4, 0.5) is 0 Å². The Bertz CT molecular complexity index is 310. The lowest BCUT2D eigenvalue weighted by Gasteiger charge is -2.36. The van der Waals surface area contributed by atoms with Crippen molar-refractivity contribution in [1.29, 1.82) is 0 Å². The molecule has 106 valence electrons. The van der Waals surface area contributed by atoms with Crippen LogP contribution in [0.3, 0.4) is 0 Å². The maximum atomic E-state index is 10.9. The van der Waals surface area contributed by atoms with Crippen LogP contribution in [-0.4, -0.2) is 37.9 Å². The van der Waals surface area contributed by atoms with Crippen molar-refractivity contribution in [2.75, 3.05) is 6.61 Å². The van der Waals surface area contributed by atoms with Gasteiger partial charge < -0.3 is 14.8 Å². The molecule has 0 spiro atoms. The number of carboxylic acids is 1. The van der Waals surface area contributed by atoms with Crippen LogP contribution in [0.1, 0.15) is 34.1 Å². The van der Waals surface area contributed by atoms with E-state index in [1.165, 1.54) is 6.92 Å². The molecule has 0 unspecified atom stereocenters. The molecule has 2 N–H and O–H groups in total. The molecule has 18 heavy (non-hydrogen) atoms. The molecule has 6 heteroatoms. The molecule has 0 heterocycles. The van der Waals surface area contributed by atoms with Crippen molar-refractivity contribution in [3.05, 3.63) is 0 Å². The monoisotopic (exact) mass is 275 g/mol. The van der Waals surface area contributed by atoms with E-state index in [0.29, 0.717) is 13.0 Å². The Kier molecular flexibility index (Phi) is 6.02. The first-order chi connectivity index (χ1) is 7.97. The van der Waals surface area contributed by atoms with Gasteiger partial charge in [-0.3, -0.25) is 4.79 Å². The summed E-state index contributed by atoms with van der Waals surface area (Å²) >= 11 is 0. The molecule has 0 rings (SSSR count). The Labute approximate surface area is 110 Å². The zero-order valence-electron chi connectivity index (χ0n) is 12.2. The minimum atomic E-state index is -1.85. The quantitative estimate of drug-likeness (QED) is 0.727. The third kappa shape index (κ3) is 5.64. The fourth-order valence-corrected chi connectivity index (χ4v) is 2.21. The molecule has 0 fully saturated rings. The van der Waals surface area contributed by atoms with E-state index < -0.39 is 20.3 Å². The van der Waals surface area contributed by atoms with Gasteiger partial charge in [0.05, 0.1) is 0 Å². The number of nitrogens with one attached hydrogen (secondary N) is 1. The smallest absolute Gasteiger partial charge is 0.326 e. The normalized spacial score (nSPS) is 14.1. The number of hydrogen-bond donors (Lipinski definition) is 2. The molecule has 0 aliphatic heterocycles. The van der Waals surface area contributed by atoms with Gasteiger partial charge in [-0.25, -0.2) is 4.79 Å². The van der Waals surface area contributed by atoms with Gasteiger partial charge in [-0.05, 0) is 18.1 Å². The van der Waals surface area contributed by atoms with Gasteiger partial charge in [0.15, 0.2) is 8.32 Å². The number of carbonyl (C=O) groups is 2. The number of aliphatic carboxylic acids is 1. The summed E-state index contributed by atoms with van der Waals surface area (Å²) in [5.41, 5.74) is 0. The van der Waals surface area contributed by atoms with E-state index in [0.717, 1.165) is 0 Å². The second-order valence-corrected chi connectivity index (χ2v) is 10.8. The summed E-state index contributed by atoms with van der Waals surface area (Å²) in [5, 5.41) is 11.5. The minimum Gasteiger partial charge on any atom is -0.480 e. The van der Waals surface area contributed by atoms with Crippen LogP contribution in [0.15, 0.2) is 0 Å². The van der Waals surface area contributed by atoms with Crippen molar-refractivity contribution in [2.24, 2.45) is 0 Å². The summed E-state index contributed by atoms with van der Waals surface area (Å²) < 4.78 is 5.88. The van der Waals surface area contributed by atoms with E-state index in [2.05, 4.69) is 39.2 Å². The molecule has 1 amide bonds. The maximum absolute atomic E-state index is 10.9. The van der Waals surface area contributed by atoms with Crippen molar-refractivity contribution in [2.45, 2.75) is 58.3 Å². The SMILES string of the molecule is CC(=O)N[C@@H](CCO[Si](C)(C)C(C)(C)C)C(=O)O. The standard InChI is InChI=1S/C12H25NO4Si/c1-9(14)13-10(11(15)16)7-8-17-18(5,6)12(2,3)4/h10H,7-8H2,1-6H3,(H,13,14)(H,15,16)/t10-/m0/s1. The van der Waals surface area contributed by atoms with Crippen molar-refractivity contribution >= 4 is 20.2 Å². The largest absolute Gasteiger partial charge is 0.480 e. The van der Waals surface area contributed by atoms with Gasteiger partial charge >= 0.3 is 5.97 Å². The van der Waals surface area contributed by atoms with Crippen molar-refractivity contribution in [3.8, 4) is 0 Å². The zero-order valence-corrected chi connectivity index (χ0v) is 13.2. The van der Waals surface area contributed by atoms with Crippen LogP contribution in [0.5, 0.6) is 0 Å². The molecule has 0 aromatic carbocycles. The third-order valence-corrected chi connectivity index (χ3v) is 7.89. The van der Waals surface area contributed by atoms with Crippen molar-refractivity contribution in [1.82, 2.24) is 5.32 Å². The predicted molar refractivity (Wildman–Crippen MR) is 73.0 cm³/mol. The van der Waals surface area contributed by atoms with Crippen molar-refractivity contribution in [3.63, 3.8) is 0 Å². The predicted octanol–water partition coefficient (Wildman–Crippen LogP) is 1.99. The number of carbonyl (C=O) groups excluding carboxylic acids is 1. The van der Waals surface area contributed by atoms with Crippen LogP contribution in [0, 0.1) is 0 Å². The second-order valence-electron chi connectivity index (χ2n) is 5.99. The number of carboxylic acid groups (broad SMARTS) is 1. The summed E-state index contributed by atoms with van der Waals surface area (Å²) in [6.07, 6.45) is 0.293. The van der Waals surface area contributed by atoms with E-state index in [1.807, 2.05) is 0 Å². The lowest BCUT2D eigenvalue weighted by Crippen LogP contribution is -2.44. The summed E-state index contributed by atoms with van der Waals surface area (Å²) in [4.78, 5) is 21.8. The van der Waals surface area contributed by atoms with E-state index >= 15 is 0 Å². The summed E-state index contributed by atoms with van der Waals surface area (Å²) in [7, 11) is -1.85. The van der Waals surface area contributed by atoms with Gasteiger partial charge in [0.1, 0.15) is 6.04 Å². The maximum Gasteiger partial charge on any atom is 0.326 e. The highest BCUT2D eigenvalue weighted by Crippen LogP contribution is 2.36. The van der Waals surface area contributed by atoms with Crippen LogP contribution >= 0.6 is 0 Å². The van der Waals surface area contributed by atoms with Crippen molar-refractivity contribution < 1.29 is 19.1 Å². The third-order valence-electron chi connectivity index (χ3n) is 3.35. The Morgan fingerprint density at radius 2 is 1.83 bits per heavy atom. The van der Waals surface area contributed by atoms with Crippen LogP contribution in [-0.2, 0) is 14.0 Å². The van der Waals surface area contributed by atoms with Crippen LogP contribution < -0.4 is 5.32 Å². The summed E-state index contributed by atoms with van der Waals surface area (Å²) in [5.74, 6) is -1.36. The van der Waals surface area contributed by atoms with Gasteiger partial charge in [0, 0.05) is 20.0 Å². The minimum absolute atomic E-state index is 0.0969. The highest BCUT2D eigenvalue weighted by molar-refractivity contribution is 6.74. The molecule has 0 saturated heterocycles. The van der Waals surface area contributed by atoms with E-state index in [-0.39, 0.29) is 10.9 Å². The summed E-state index contributed by atoms with van der Waals surface area (Å²) in [6.45, 7) is 12.3. The Balaban J connectivity index is 4.31. The van der Waals surface area contributed by atoms with E-state index in [1.54, 1.807) is 0 Å². The van der Waals surface area contributed by atoms with Crippen LogP contribution in [0.25, 0.3) is 0 Å². The van der Waals surface area contributed by atoms with Gasteiger partial charge in [-0.2, -0.15) is 0 Å². The molecule has 0 saturated carbocycles. The van der Waals surface area contributed by atoms with Gasteiger partial charge in [0.25, 0.3) is 0 Å². The highest BCUT2D eigenvalue weighted by Gasteiger charge is 2.37. The second kappa shape index (κ2) is 6.33. The lowest BCUT2D eigenvalue weighted by molar-refractivity contribution is -0.141. The van der Waals surface area contributed by atoms with Gasteiger partial charge in [-0.15, -0.1) is 0 Å². The number of amides is 1. The lowest BCUT2D eigenvalue weighted by atomic mass is 10.2. The molecule has 0 aliphatic rings. The number of hydrogen-bond acceptors (Lipinski definition) is 3. The molecule has 0 aromatic heterocycles. The average molecular weight is 275 g/mol. The molecule has 0 aromatic rings. The molecule has 0 bridgehead atoms. The van der Waals surface area contributed by atoms with Gasteiger partial charge in [0.2, 0.25) is 5.91 Å². The Morgan fingerprint density at radius 1 is 1.33 bits per heavy atom. The topological polar surface area (TPSA) is 75.6 Å². The Hall–Kier alpha value is -0.883. The molecule has 1 atom stereocenters. The first-order valence-electron chi connectivity index (χ1n) is 6.11. The Morgan fingerprint density at radius 3 is 2.17 bits per heavy atom. The molecule has 5 nitrogen and oxygen atoms in total. The fraction of sp³-hybridized carbons (Fsp3) is 0.833. The van der Waals surface area contributed by atoms with Gasteiger partial charge in [-0.1, -0.05) is 20.8 Å². The first kappa shape index (κ1) is 17.1. The fourth-order valence-electron chi connectivity index (χ4n) is 1.15. The van der Waals surface area contributed by atoms with Crippen LogP contribution in [0.2, 0.25) is 18.1 Å². The van der Waals surface area contributed by atoms with E-state index in [4.69, 9.17) is 9.53 Å². The highest BCUT2D eigenvalue weighted by atomic mass is 28.4. The summed E-state index contributed by atoms with van der Waals surface area (Å²) in [6, 6.07) is -0.868. The zero-order chi connectivity index (χ0) is 14.6. The van der Waals surface area contributed by atoms with E-state index in [9.17, 15) is 9.59 Å². The molecule has 0 radical (unpaired) electrons. The average Bonchev–Trinajstić information content (AvgIpc) is 2.13. The molecular formula is C12H25NO4Si. The molecular weight excluding hydrogens is 250 g/mol. The first-order valence-corrected chi connectivity index (χ1v) is 9.02.